The van der Waals surface area contributed by atoms with E-state index in [1.165, 1.54) is 0 Å². The van der Waals surface area contributed by atoms with Crippen molar-refractivity contribution in [2.24, 2.45) is 5.92 Å². The molecule has 1 aliphatic rings. The van der Waals surface area contributed by atoms with E-state index in [4.69, 9.17) is 10.00 Å². The van der Waals surface area contributed by atoms with Crippen molar-refractivity contribution >= 4 is 5.97 Å². The van der Waals surface area contributed by atoms with Gasteiger partial charge in [0, 0.05) is 19.5 Å². The Hall–Kier alpha value is -1.24. The van der Waals surface area contributed by atoms with E-state index in [1.807, 2.05) is 34.6 Å². The van der Waals surface area contributed by atoms with Gasteiger partial charge in [-0.05, 0) is 39.5 Å². The number of piperidine rings is 1. The van der Waals surface area contributed by atoms with Crippen LogP contribution in [0.4, 0.5) is 0 Å². The molecule has 0 aliphatic carbocycles. The Labute approximate surface area is 111 Å². The lowest BCUT2D eigenvalue weighted by Gasteiger charge is -2.28. The van der Waals surface area contributed by atoms with E-state index < -0.39 is 5.60 Å². The van der Waals surface area contributed by atoms with Crippen LogP contribution >= 0.6 is 0 Å². The van der Waals surface area contributed by atoms with E-state index in [0.717, 1.165) is 25.9 Å². The molecule has 0 aromatic rings. The third-order valence-electron chi connectivity index (χ3n) is 2.63. The fourth-order valence-corrected chi connectivity index (χ4v) is 1.86. The second kappa shape index (κ2) is 7.97. The van der Waals surface area contributed by atoms with Crippen molar-refractivity contribution in [2.45, 2.75) is 59.5 Å². The zero-order valence-corrected chi connectivity index (χ0v) is 12.3. The average molecular weight is 254 g/mol. The molecule has 0 aromatic heterocycles. The summed E-state index contributed by atoms with van der Waals surface area (Å²) in [4.78, 5) is 13.3. The van der Waals surface area contributed by atoms with E-state index in [2.05, 4.69) is 6.19 Å². The predicted octanol–water partition coefficient (Wildman–Crippen LogP) is 2.94. The molecule has 0 atom stereocenters. The molecule has 0 saturated carbocycles. The Kier molecular flexibility index (Phi) is 7.42. The molecule has 0 unspecified atom stereocenters. The van der Waals surface area contributed by atoms with Crippen LogP contribution in [0.15, 0.2) is 0 Å². The van der Waals surface area contributed by atoms with E-state index in [-0.39, 0.29) is 5.97 Å². The smallest absolute Gasteiger partial charge is 0.306 e. The third kappa shape index (κ3) is 7.16. The van der Waals surface area contributed by atoms with Crippen molar-refractivity contribution in [3.05, 3.63) is 0 Å². The van der Waals surface area contributed by atoms with Crippen molar-refractivity contribution in [1.82, 2.24) is 4.90 Å². The van der Waals surface area contributed by atoms with Gasteiger partial charge in [0.25, 0.3) is 0 Å². The number of nitrogens with zero attached hydrogens (tertiary/aromatic N) is 2. The van der Waals surface area contributed by atoms with Crippen LogP contribution in [-0.4, -0.2) is 29.6 Å². The summed E-state index contributed by atoms with van der Waals surface area (Å²) in [7, 11) is 0. The van der Waals surface area contributed by atoms with Crippen molar-refractivity contribution in [3.63, 3.8) is 0 Å². The summed E-state index contributed by atoms with van der Waals surface area (Å²) < 4.78 is 5.28. The van der Waals surface area contributed by atoms with E-state index in [9.17, 15) is 4.79 Å². The Bertz CT molecular complexity index is 281. The number of hydrogen-bond donors (Lipinski definition) is 0. The molecule has 0 N–H and O–H groups in total. The Balaban J connectivity index is 0.00000137. The minimum absolute atomic E-state index is 0.122. The Morgan fingerprint density at radius 2 is 1.83 bits per heavy atom. The molecule has 1 rings (SSSR count). The highest BCUT2D eigenvalue weighted by atomic mass is 16.6. The highest BCUT2D eigenvalue weighted by Crippen LogP contribution is 2.21. The van der Waals surface area contributed by atoms with Gasteiger partial charge in [-0.25, -0.2) is 0 Å². The molecule has 1 heterocycles. The normalized spacial score (nSPS) is 16.3. The lowest BCUT2D eigenvalue weighted by atomic mass is 9.94. The van der Waals surface area contributed by atoms with Crippen molar-refractivity contribution < 1.29 is 9.53 Å². The molecule has 18 heavy (non-hydrogen) atoms. The largest absolute Gasteiger partial charge is 0.460 e. The highest BCUT2D eigenvalue weighted by Gasteiger charge is 2.23. The molecule has 1 fully saturated rings. The molecule has 4 heteroatoms. The minimum Gasteiger partial charge on any atom is -0.460 e. The highest BCUT2D eigenvalue weighted by molar-refractivity contribution is 5.70. The predicted molar refractivity (Wildman–Crippen MR) is 71.7 cm³/mol. The van der Waals surface area contributed by atoms with Gasteiger partial charge in [0.15, 0.2) is 6.19 Å². The number of rotatable bonds is 2. The maximum absolute atomic E-state index is 11.6. The van der Waals surface area contributed by atoms with Crippen LogP contribution in [0.5, 0.6) is 0 Å². The fourth-order valence-electron chi connectivity index (χ4n) is 1.86. The number of hydrogen-bond acceptors (Lipinski definition) is 4. The number of nitriles is 1. The molecule has 4 nitrogen and oxygen atoms in total. The molecule has 0 aromatic carbocycles. The van der Waals surface area contributed by atoms with Crippen molar-refractivity contribution in [1.29, 1.82) is 5.26 Å². The molecule has 1 saturated heterocycles. The lowest BCUT2D eigenvalue weighted by Crippen LogP contribution is -2.32. The monoisotopic (exact) mass is 254 g/mol. The van der Waals surface area contributed by atoms with E-state index in [1.54, 1.807) is 4.90 Å². The van der Waals surface area contributed by atoms with Crippen molar-refractivity contribution in [3.8, 4) is 6.19 Å². The molecule has 0 bridgehead atoms. The Morgan fingerprint density at radius 3 is 2.22 bits per heavy atom. The molecular weight excluding hydrogens is 228 g/mol. The first-order chi connectivity index (χ1) is 8.40. The van der Waals surface area contributed by atoms with Crippen molar-refractivity contribution in [2.75, 3.05) is 13.1 Å². The Morgan fingerprint density at radius 1 is 1.33 bits per heavy atom. The van der Waals surface area contributed by atoms with Gasteiger partial charge in [0.05, 0.1) is 0 Å². The van der Waals surface area contributed by atoms with E-state index in [0.29, 0.717) is 12.3 Å². The number of likely N-dealkylation sites (tertiary alicyclic amines) is 1. The SMILES string of the molecule is CC.CC(C)(C)OC(=O)CC1CCN(C#N)CC1. The topological polar surface area (TPSA) is 53.3 Å². The van der Waals surface area contributed by atoms with Gasteiger partial charge < -0.3 is 9.64 Å². The fraction of sp³-hybridized carbons (Fsp3) is 0.857. The molecule has 1 aliphatic heterocycles. The summed E-state index contributed by atoms with van der Waals surface area (Å²) in [5.41, 5.74) is -0.398. The van der Waals surface area contributed by atoms with Gasteiger partial charge in [-0.15, -0.1) is 0 Å². The van der Waals surface area contributed by atoms with Crippen LogP contribution in [0, 0.1) is 17.4 Å². The molecule has 0 radical (unpaired) electrons. The summed E-state index contributed by atoms with van der Waals surface area (Å²) in [6.45, 7) is 11.2. The standard InChI is InChI=1S/C12H20N2O2.C2H6/c1-12(2,3)16-11(15)8-10-4-6-14(9-13)7-5-10;1-2/h10H,4-8H2,1-3H3;1-2H3. The first-order valence-corrected chi connectivity index (χ1v) is 6.77. The average Bonchev–Trinajstić information content (AvgIpc) is 2.30. The summed E-state index contributed by atoms with van der Waals surface area (Å²) in [6, 6.07) is 0. The second-order valence-corrected chi connectivity index (χ2v) is 5.32. The van der Waals surface area contributed by atoms with Crippen LogP contribution in [0.25, 0.3) is 0 Å². The minimum atomic E-state index is -0.398. The van der Waals surface area contributed by atoms with Gasteiger partial charge in [0.2, 0.25) is 0 Å². The maximum Gasteiger partial charge on any atom is 0.306 e. The summed E-state index contributed by atoms with van der Waals surface area (Å²) in [6.07, 6.45) is 4.43. The maximum atomic E-state index is 11.6. The first kappa shape index (κ1) is 16.8. The molecular formula is C14H26N2O2. The molecule has 0 amide bonds. The summed E-state index contributed by atoms with van der Waals surface area (Å²) >= 11 is 0. The lowest BCUT2D eigenvalue weighted by molar-refractivity contribution is -0.156. The van der Waals surface area contributed by atoms with E-state index >= 15 is 0 Å². The number of esters is 1. The number of ether oxygens (including phenoxy) is 1. The quantitative estimate of drug-likeness (QED) is 0.561. The third-order valence-corrected chi connectivity index (χ3v) is 2.63. The van der Waals surface area contributed by atoms with Gasteiger partial charge >= 0.3 is 5.97 Å². The van der Waals surface area contributed by atoms with Gasteiger partial charge in [-0.2, -0.15) is 5.26 Å². The van der Waals surface area contributed by atoms with Gasteiger partial charge in [0.1, 0.15) is 5.60 Å². The van der Waals surface area contributed by atoms with Crippen LogP contribution in [0.2, 0.25) is 0 Å². The molecule has 0 spiro atoms. The van der Waals surface area contributed by atoms with Crippen LogP contribution < -0.4 is 0 Å². The first-order valence-electron chi connectivity index (χ1n) is 6.77. The van der Waals surface area contributed by atoms with Crippen LogP contribution in [0.3, 0.4) is 0 Å². The zero-order valence-electron chi connectivity index (χ0n) is 12.3. The number of carbonyl (C=O) groups excluding carboxylic acids is 1. The molecule has 104 valence electrons. The summed E-state index contributed by atoms with van der Waals surface area (Å²) in [5, 5.41) is 8.70. The summed E-state index contributed by atoms with van der Waals surface area (Å²) in [5.74, 6) is 0.252. The van der Waals surface area contributed by atoms with Crippen LogP contribution in [-0.2, 0) is 9.53 Å². The zero-order chi connectivity index (χ0) is 14.2. The second-order valence-electron chi connectivity index (χ2n) is 5.32. The van der Waals surface area contributed by atoms with Gasteiger partial charge in [-0.1, -0.05) is 13.8 Å². The number of carbonyl (C=O) groups is 1. The van der Waals surface area contributed by atoms with Gasteiger partial charge in [-0.3, -0.25) is 4.79 Å². The van der Waals surface area contributed by atoms with Crippen LogP contribution in [0.1, 0.15) is 53.9 Å².